The maximum Gasteiger partial charge on any atom is 0.225 e. The van der Waals surface area contributed by atoms with Crippen molar-refractivity contribution in [1.82, 2.24) is 15.3 Å². The Bertz CT molecular complexity index is 363. The largest absolute Gasteiger partial charge is 0.339 e. The summed E-state index contributed by atoms with van der Waals surface area (Å²) in [5.74, 6) is 2.01. The van der Waals surface area contributed by atoms with Gasteiger partial charge in [-0.25, -0.2) is 9.97 Å². The van der Waals surface area contributed by atoms with Crippen LogP contribution in [0.1, 0.15) is 19.4 Å². The van der Waals surface area contributed by atoms with Crippen molar-refractivity contribution in [2.24, 2.45) is 0 Å². The third kappa shape index (κ3) is 3.33. The SMILES string of the molecule is CNCc1cnc(N2CCSC(C)(C)C2)nc1. The quantitative estimate of drug-likeness (QED) is 0.883. The minimum Gasteiger partial charge on any atom is -0.339 e. The van der Waals surface area contributed by atoms with Crippen LogP contribution in [0.5, 0.6) is 0 Å². The molecule has 1 saturated heterocycles. The van der Waals surface area contributed by atoms with Gasteiger partial charge in [-0.3, -0.25) is 0 Å². The van der Waals surface area contributed by atoms with Crippen LogP contribution < -0.4 is 10.2 Å². The zero-order valence-corrected chi connectivity index (χ0v) is 11.5. The highest BCUT2D eigenvalue weighted by atomic mass is 32.2. The predicted molar refractivity (Wildman–Crippen MR) is 73.5 cm³/mol. The molecular formula is C12H20N4S. The molecule has 0 saturated carbocycles. The molecule has 2 heterocycles. The fourth-order valence-electron chi connectivity index (χ4n) is 1.99. The van der Waals surface area contributed by atoms with Gasteiger partial charge < -0.3 is 10.2 Å². The lowest BCUT2D eigenvalue weighted by Crippen LogP contribution is -2.43. The number of hydrogen-bond acceptors (Lipinski definition) is 5. The van der Waals surface area contributed by atoms with Crippen molar-refractivity contribution in [3.05, 3.63) is 18.0 Å². The Morgan fingerprint density at radius 1 is 1.41 bits per heavy atom. The Morgan fingerprint density at radius 2 is 2.12 bits per heavy atom. The highest BCUT2D eigenvalue weighted by Crippen LogP contribution is 2.30. The van der Waals surface area contributed by atoms with E-state index in [-0.39, 0.29) is 0 Å². The smallest absolute Gasteiger partial charge is 0.225 e. The number of rotatable bonds is 3. The normalized spacial score (nSPS) is 19.4. The van der Waals surface area contributed by atoms with Crippen LogP contribution in [0.25, 0.3) is 0 Å². The van der Waals surface area contributed by atoms with E-state index in [2.05, 4.69) is 34.0 Å². The molecule has 0 unspecified atom stereocenters. The molecule has 1 aromatic rings. The van der Waals surface area contributed by atoms with E-state index in [1.807, 2.05) is 31.2 Å². The topological polar surface area (TPSA) is 41.1 Å². The van der Waals surface area contributed by atoms with Crippen LogP contribution >= 0.6 is 11.8 Å². The van der Waals surface area contributed by atoms with Gasteiger partial charge in [0.2, 0.25) is 5.95 Å². The maximum atomic E-state index is 4.45. The molecular weight excluding hydrogens is 232 g/mol. The fraction of sp³-hybridized carbons (Fsp3) is 0.667. The van der Waals surface area contributed by atoms with E-state index in [0.29, 0.717) is 4.75 Å². The third-order valence-electron chi connectivity index (χ3n) is 2.78. The number of anilines is 1. The first-order chi connectivity index (χ1) is 8.11. The number of nitrogens with zero attached hydrogens (tertiary/aromatic N) is 3. The maximum absolute atomic E-state index is 4.45. The van der Waals surface area contributed by atoms with E-state index >= 15 is 0 Å². The van der Waals surface area contributed by atoms with Crippen molar-refractivity contribution in [2.45, 2.75) is 25.1 Å². The average Bonchev–Trinajstić information content (AvgIpc) is 2.29. The van der Waals surface area contributed by atoms with Gasteiger partial charge >= 0.3 is 0 Å². The number of thioether (sulfide) groups is 1. The van der Waals surface area contributed by atoms with Crippen molar-refractivity contribution in [1.29, 1.82) is 0 Å². The van der Waals surface area contributed by atoms with E-state index in [1.165, 1.54) is 0 Å². The molecule has 2 rings (SSSR count). The van der Waals surface area contributed by atoms with Crippen LogP contribution in [0.15, 0.2) is 12.4 Å². The fourth-order valence-corrected chi connectivity index (χ4v) is 3.11. The summed E-state index contributed by atoms with van der Waals surface area (Å²) in [6, 6.07) is 0. The molecule has 4 nitrogen and oxygen atoms in total. The summed E-state index contributed by atoms with van der Waals surface area (Å²) in [4.78, 5) is 11.2. The molecule has 0 bridgehead atoms. The molecule has 1 aromatic heterocycles. The van der Waals surface area contributed by atoms with Gasteiger partial charge in [0.05, 0.1) is 0 Å². The van der Waals surface area contributed by atoms with Gasteiger partial charge in [-0.1, -0.05) is 0 Å². The molecule has 5 heteroatoms. The second-order valence-corrected chi connectivity index (χ2v) is 6.75. The zero-order valence-electron chi connectivity index (χ0n) is 10.7. The van der Waals surface area contributed by atoms with E-state index in [9.17, 15) is 0 Å². The molecule has 0 aliphatic carbocycles. The van der Waals surface area contributed by atoms with Crippen molar-refractivity contribution < 1.29 is 0 Å². The Labute approximate surface area is 107 Å². The molecule has 1 N–H and O–H groups in total. The first-order valence-corrected chi connectivity index (χ1v) is 6.94. The lowest BCUT2D eigenvalue weighted by molar-refractivity contribution is 0.634. The third-order valence-corrected chi connectivity index (χ3v) is 4.08. The molecule has 0 atom stereocenters. The van der Waals surface area contributed by atoms with Crippen molar-refractivity contribution >= 4 is 17.7 Å². The molecule has 0 radical (unpaired) electrons. The van der Waals surface area contributed by atoms with Gasteiger partial charge in [0.1, 0.15) is 0 Å². The number of aromatic nitrogens is 2. The average molecular weight is 252 g/mol. The summed E-state index contributed by atoms with van der Waals surface area (Å²) in [5, 5.41) is 3.10. The van der Waals surface area contributed by atoms with Gasteiger partial charge in [-0.2, -0.15) is 11.8 Å². The number of nitrogens with one attached hydrogen (secondary N) is 1. The molecule has 17 heavy (non-hydrogen) atoms. The second kappa shape index (κ2) is 5.23. The summed E-state index contributed by atoms with van der Waals surface area (Å²) in [7, 11) is 1.93. The summed E-state index contributed by atoms with van der Waals surface area (Å²) < 4.78 is 0.297. The lowest BCUT2D eigenvalue weighted by atomic mass is 10.2. The second-order valence-electron chi connectivity index (χ2n) is 4.95. The van der Waals surface area contributed by atoms with Gasteiger partial charge in [0.25, 0.3) is 0 Å². The minimum absolute atomic E-state index is 0.297. The molecule has 1 aliphatic rings. The van der Waals surface area contributed by atoms with Crippen LogP contribution in [0.2, 0.25) is 0 Å². The van der Waals surface area contributed by atoms with E-state index in [0.717, 1.165) is 36.9 Å². The van der Waals surface area contributed by atoms with Gasteiger partial charge in [-0.15, -0.1) is 0 Å². The summed E-state index contributed by atoms with van der Waals surface area (Å²) in [6.07, 6.45) is 3.82. The molecule has 0 spiro atoms. The number of hydrogen-bond donors (Lipinski definition) is 1. The Morgan fingerprint density at radius 3 is 2.71 bits per heavy atom. The molecule has 0 amide bonds. The first kappa shape index (κ1) is 12.6. The highest BCUT2D eigenvalue weighted by molar-refractivity contribution is 8.00. The molecule has 94 valence electrons. The van der Waals surface area contributed by atoms with Crippen molar-refractivity contribution in [2.75, 3.05) is 30.8 Å². The van der Waals surface area contributed by atoms with Crippen LogP contribution in [0.3, 0.4) is 0 Å². The van der Waals surface area contributed by atoms with Gasteiger partial charge in [0.15, 0.2) is 0 Å². The summed E-state index contributed by atoms with van der Waals surface area (Å²) in [5.41, 5.74) is 1.13. The molecule has 1 aliphatic heterocycles. The van der Waals surface area contributed by atoms with Crippen LogP contribution in [-0.4, -0.2) is 40.6 Å². The van der Waals surface area contributed by atoms with E-state index in [4.69, 9.17) is 0 Å². The summed E-state index contributed by atoms with van der Waals surface area (Å²) in [6.45, 7) is 7.43. The van der Waals surface area contributed by atoms with Crippen LogP contribution in [0, 0.1) is 0 Å². The zero-order chi connectivity index (χ0) is 12.3. The van der Waals surface area contributed by atoms with Crippen LogP contribution in [-0.2, 0) is 6.54 Å². The Kier molecular flexibility index (Phi) is 3.89. The summed E-state index contributed by atoms with van der Waals surface area (Å²) >= 11 is 2.02. The molecule has 1 fully saturated rings. The monoisotopic (exact) mass is 252 g/mol. The highest BCUT2D eigenvalue weighted by Gasteiger charge is 2.28. The van der Waals surface area contributed by atoms with Gasteiger partial charge in [-0.05, 0) is 20.9 Å². The minimum atomic E-state index is 0.297. The Balaban J connectivity index is 2.06. The van der Waals surface area contributed by atoms with Gasteiger partial charge in [0, 0.05) is 48.1 Å². The Hall–Kier alpha value is -0.810. The van der Waals surface area contributed by atoms with E-state index < -0.39 is 0 Å². The van der Waals surface area contributed by atoms with Crippen LogP contribution in [0.4, 0.5) is 5.95 Å². The molecule has 0 aromatic carbocycles. The first-order valence-electron chi connectivity index (χ1n) is 5.95. The standard InChI is InChI=1S/C12H20N4S/c1-12(2)9-16(4-5-17-12)11-14-7-10(6-13-3)8-15-11/h7-8,13H,4-6,9H2,1-3H3. The predicted octanol–water partition coefficient (Wildman–Crippen LogP) is 1.53. The lowest BCUT2D eigenvalue weighted by Gasteiger charge is -2.37. The van der Waals surface area contributed by atoms with Crippen molar-refractivity contribution in [3.8, 4) is 0 Å². The van der Waals surface area contributed by atoms with E-state index in [1.54, 1.807) is 0 Å². The van der Waals surface area contributed by atoms with Crippen molar-refractivity contribution in [3.63, 3.8) is 0 Å².